The first-order valence-electron chi connectivity index (χ1n) is 6.64. The van der Waals surface area contributed by atoms with Gasteiger partial charge >= 0.3 is 0 Å². The number of likely N-dealkylation sites (N-methyl/N-ethyl adjacent to an activating group) is 1. The van der Waals surface area contributed by atoms with E-state index in [0.717, 1.165) is 26.2 Å². The molecule has 2 rings (SSSR count). The van der Waals surface area contributed by atoms with E-state index in [1.807, 2.05) is 11.8 Å². The zero-order valence-corrected chi connectivity index (χ0v) is 13.3. The molecular formula is C14H20Cl2N2O2. The van der Waals surface area contributed by atoms with Gasteiger partial charge in [-0.1, -0.05) is 11.6 Å². The lowest BCUT2D eigenvalue weighted by Gasteiger charge is -2.30. The van der Waals surface area contributed by atoms with Gasteiger partial charge in [-0.25, -0.2) is 0 Å². The van der Waals surface area contributed by atoms with Gasteiger partial charge in [0.1, 0.15) is 5.75 Å². The summed E-state index contributed by atoms with van der Waals surface area (Å²) in [5, 5.41) is 0.562. The SMILES string of the molecule is CCOc1ccc(Cl)cc1C(=O)N1CC[NH+](C)CC1.[Cl-]. The molecule has 0 aliphatic carbocycles. The van der Waals surface area contributed by atoms with Crippen LogP contribution in [0.15, 0.2) is 18.2 Å². The smallest absolute Gasteiger partial charge is 0.258 e. The van der Waals surface area contributed by atoms with Crippen molar-refractivity contribution in [2.75, 3.05) is 39.8 Å². The van der Waals surface area contributed by atoms with Crippen LogP contribution in [0.3, 0.4) is 0 Å². The average molecular weight is 319 g/mol. The Labute approximate surface area is 131 Å². The van der Waals surface area contributed by atoms with Crippen molar-refractivity contribution in [3.05, 3.63) is 28.8 Å². The molecule has 0 aromatic heterocycles. The van der Waals surface area contributed by atoms with Gasteiger partial charge in [0.15, 0.2) is 0 Å². The highest BCUT2D eigenvalue weighted by molar-refractivity contribution is 6.31. The molecule has 20 heavy (non-hydrogen) atoms. The Morgan fingerprint density at radius 2 is 2.05 bits per heavy atom. The second kappa shape index (κ2) is 7.72. The summed E-state index contributed by atoms with van der Waals surface area (Å²) in [5.74, 6) is 0.627. The average Bonchev–Trinajstić information content (AvgIpc) is 2.41. The minimum Gasteiger partial charge on any atom is -1.00 e. The van der Waals surface area contributed by atoms with Crippen molar-refractivity contribution in [2.45, 2.75) is 6.92 Å². The van der Waals surface area contributed by atoms with E-state index < -0.39 is 0 Å². The second-order valence-corrected chi connectivity index (χ2v) is 5.26. The van der Waals surface area contributed by atoms with E-state index in [2.05, 4.69) is 7.05 Å². The van der Waals surface area contributed by atoms with Crippen molar-refractivity contribution in [3.8, 4) is 5.75 Å². The number of carbonyl (C=O) groups excluding carboxylic acids is 1. The number of ether oxygens (including phenoxy) is 1. The maximum atomic E-state index is 12.5. The highest BCUT2D eigenvalue weighted by Crippen LogP contribution is 2.24. The summed E-state index contributed by atoms with van der Waals surface area (Å²) >= 11 is 5.99. The molecule has 1 N–H and O–H groups in total. The van der Waals surface area contributed by atoms with Crippen LogP contribution in [-0.2, 0) is 0 Å². The van der Waals surface area contributed by atoms with E-state index in [4.69, 9.17) is 16.3 Å². The molecule has 0 unspecified atom stereocenters. The third-order valence-corrected chi connectivity index (χ3v) is 3.61. The first kappa shape index (κ1) is 17.1. The molecule has 112 valence electrons. The quantitative estimate of drug-likeness (QED) is 0.681. The predicted molar refractivity (Wildman–Crippen MR) is 75.1 cm³/mol. The number of rotatable bonds is 3. The fourth-order valence-corrected chi connectivity index (χ4v) is 2.38. The van der Waals surface area contributed by atoms with E-state index in [-0.39, 0.29) is 18.3 Å². The van der Waals surface area contributed by atoms with Crippen LogP contribution < -0.4 is 22.0 Å². The number of quaternary nitrogens is 1. The normalized spacial score (nSPS) is 15.7. The van der Waals surface area contributed by atoms with Crippen LogP contribution in [0.25, 0.3) is 0 Å². The van der Waals surface area contributed by atoms with Crippen molar-refractivity contribution in [2.24, 2.45) is 0 Å². The van der Waals surface area contributed by atoms with Crippen LogP contribution in [0.4, 0.5) is 0 Å². The lowest BCUT2D eigenvalue weighted by molar-refractivity contribution is -0.883. The summed E-state index contributed by atoms with van der Waals surface area (Å²) < 4.78 is 5.51. The van der Waals surface area contributed by atoms with Gasteiger partial charge in [0, 0.05) is 5.02 Å². The number of halogens is 2. The van der Waals surface area contributed by atoms with E-state index in [1.54, 1.807) is 18.2 Å². The number of amides is 1. The largest absolute Gasteiger partial charge is 1.00 e. The van der Waals surface area contributed by atoms with Crippen molar-refractivity contribution >= 4 is 17.5 Å². The number of nitrogens with zero attached hydrogens (tertiary/aromatic N) is 1. The van der Waals surface area contributed by atoms with Gasteiger partial charge < -0.3 is 26.9 Å². The van der Waals surface area contributed by atoms with Crippen molar-refractivity contribution in [1.82, 2.24) is 4.90 Å². The van der Waals surface area contributed by atoms with Gasteiger partial charge in [-0.05, 0) is 25.1 Å². The third-order valence-electron chi connectivity index (χ3n) is 3.38. The minimum atomic E-state index is 0. The zero-order valence-electron chi connectivity index (χ0n) is 11.8. The van der Waals surface area contributed by atoms with Crippen molar-refractivity contribution in [1.29, 1.82) is 0 Å². The number of piperazine rings is 1. The van der Waals surface area contributed by atoms with E-state index in [9.17, 15) is 4.79 Å². The third kappa shape index (κ3) is 4.01. The molecule has 6 heteroatoms. The number of nitrogens with one attached hydrogen (secondary N) is 1. The molecule has 0 atom stereocenters. The van der Waals surface area contributed by atoms with Gasteiger partial charge in [0.25, 0.3) is 5.91 Å². The van der Waals surface area contributed by atoms with Gasteiger partial charge in [-0.15, -0.1) is 0 Å². The Morgan fingerprint density at radius 1 is 1.40 bits per heavy atom. The van der Waals surface area contributed by atoms with E-state index in [0.29, 0.717) is 22.9 Å². The molecule has 0 spiro atoms. The van der Waals surface area contributed by atoms with Crippen LogP contribution in [0, 0.1) is 0 Å². The molecule has 1 amide bonds. The summed E-state index contributed by atoms with van der Waals surface area (Å²) in [6, 6.07) is 5.21. The fraction of sp³-hybridized carbons (Fsp3) is 0.500. The number of benzene rings is 1. The number of hydrogen-bond donors (Lipinski definition) is 1. The summed E-state index contributed by atoms with van der Waals surface area (Å²) in [6.45, 7) is 5.97. The summed E-state index contributed by atoms with van der Waals surface area (Å²) in [7, 11) is 2.15. The Hall–Kier alpha value is -0.970. The van der Waals surface area contributed by atoms with Crippen LogP contribution >= 0.6 is 11.6 Å². The Balaban J connectivity index is 0.00000200. The number of carbonyl (C=O) groups is 1. The minimum absolute atomic E-state index is 0. The van der Waals surface area contributed by atoms with Crippen molar-refractivity contribution < 1.29 is 26.8 Å². The highest BCUT2D eigenvalue weighted by atomic mass is 35.5. The standard InChI is InChI=1S/C14H19ClN2O2.ClH/c1-3-19-13-5-4-11(15)10-12(13)14(18)17-8-6-16(2)7-9-17;/h4-5,10H,3,6-9H2,1-2H3;1H. The lowest BCUT2D eigenvalue weighted by Crippen LogP contribution is -3.12. The van der Waals surface area contributed by atoms with Gasteiger partial charge in [-0.3, -0.25) is 4.79 Å². The highest BCUT2D eigenvalue weighted by Gasteiger charge is 2.24. The molecule has 1 aromatic rings. The van der Waals surface area contributed by atoms with E-state index >= 15 is 0 Å². The molecule has 0 radical (unpaired) electrons. The lowest BCUT2D eigenvalue weighted by atomic mass is 10.1. The number of hydrogen-bond acceptors (Lipinski definition) is 2. The first-order chi connectivity index (χ1) is 9.11. The Kier molecular flexibility index (Phi) is 6.59. The van der Waals surface area contributed by atoms with Gasteiger partial charge in [-0.2, -0.15) is 0 Å². The zero-order chi connectivity index (χ0) is 13.8. The van der Waals surface area contributed by atoms with E-state index in [1.165, 1.54) is 4.90 Å². The first-order valence-corrected chi connectivity index (χ1v) is 7.02. The molecule has 1 heterocycles. The van der Waals surface area contributed by atoms with Crippen LogP contribution in [0.2, 0.25) is 5.02 Å². The topological polar surface area (TPSA) is 34.0 Å². The van der Waals surface area contributed by atoms with Crippen LogP contribution in [-0.4, -0.2) is 50.6 Å². The van der Waals surface area contributed by atoms with Crippen molar-refractivity contribution in [3.63, 3.8) is 0 Å². The van der Waals surface area contributed by atoms with Crippen LogP contribution in [0.1, 0.15) is 17.3 Å². The molecule has 1 saturated heterocycles. The molecular weight excluding hydrogens is 299 g/mol. The monoisotopic (exact) mass is 318 g/mol. The summed E-state index contributed by atoms with van der Waals surface area (Å²) in [5.41, 5.74) is 0.564. The maximum absolute atomic E-state index is 12.5. The molecule has 0 saturated carbocycles. The summed E-state index contributed by atoms with van der Waals surface area (Å²) in [6.07, 6.45) is 0. The van der Waals surface area contributed by atoms with Gasteiger partial charge in [0.05, 0.1) is 45.4 Å². The Morgan fingerprint density at radius 3 is 2.65 bits per heavy atom. The summed E-state index contributed by atoms with van der Waals surface area (Å²) in [4.78, 5) is 15.9. The van der Waals surface area contributed by atoms with Crippen LogP contribution in [0.5, 0.6) is 5.75 Å². The molecule has 0 bridgehead atoms. The Bertz CT molecular complexity index is 460. The van der Waals surface area contributed by atoms with Gasteiger partial charge in [0.2, 0.25) is 0 Å². The molecule has 1 aliphatic heterocycles. The maximum Gasteiger partial charge on any atom is 0.258 e. The molecule has 4 nitrogen and oxygen atoms in total. The fourth-order valence-electron chi connectivity index (χ4n) is 2.21. The second-order valence-electron chi connectivity index (χ2n) is 4.82. The molecule has 1 aliphatic rings. The molecule has 1 fully saturated rings. The molecule has 1 aromatic carbocycles. The predicted octanol–water partition coefficient (Wildman–Crippen LogP) is -2.29.